The molecule has 2 heterocycles. The average Bonchev–Trinajstić information content (AvgIpc) is 3.14. The normalized spacial score (nSPS) is 19.5. The molecule has 0 amide bonds. The van der Waals surface area contributed by atoms with E-state index in [2.05, 4.69) is 17.3 Å². The maximum Gasteiger partial charge on any atom is 0.246 e. The summed E-state index contributed by atoms with van der Waals surface area (Å²) in [5, 5.41) is 7.43. The molecule has 1 unspecified atom stereocenters. The Kier molecular flexibility index (Phi) is 6.09. The minimum atomic E-state index is -3.42. The molecule has 1 fully saturated rings. The Morgan fingerprint density at radius 2 is 2.33 bits per heavy atom. The zero-order chi connectivity index (χ0) is 15.3. The van der Waals surface area contributed by atoms with Gasteiger partial charge in [0.15, 0.2) is 0 Å². The molecule has 2 rings (SSSR count). The van der Waals surface area contributed by atoms with E-state index in [1.807, 2.05) is 11.8 Å². The highest BCUT2D eigenvalue weighted by Gasteiger charge is 2.31. The lowest BCUT2D eigenvalue weighted by molar-refractivity contribution is 0.394. The Balaban J connectivity index is 1.98. The van der Waals surface area contributed by atoms with Crippen molar-refractivity contribution in [3.63, 3.8) is 0 Å². The fourth-order valence-corrected chi connectivity index (χ4v) is 4.97. The quantitative estimate of drug-likeness (QED) is 0.720. The van der Waals surface area contributed by atoms with Gasteiger partial charge in [0.05, 0.1) is 12.7 Å². The van der Waals surface area contributed by atoms with Crippen LogP contribution >= 0.6 is 11.8 Å². The van der Waals surface area contributed by atoms with Crippen molar-refractivity contribution in [1.82, 2.24) is 19.4 Å². The lowest BCUT2D eigenvalue weighted by Gasteiger charge is -2.22. The number of rotatable bonds is 8. The van der Waals surface area contributed by atoms with Crippen molar-refractivity contribution in [2.75, 3.05) is 31.6 Å². The maximum absolute atomic E-state index is 12.6. The van der Waals surface area contributed by atoms with Crippen LogP contribution < -0.4 is 5.32 Å². The molecule has 21 heavy (non-hydrogen) atoms. The lowest BCUT2D eigenvalue weighted by atomic mass is 10.3. The highest BCUT2D eigenvalue weighted by atomic mass is 32.2. The van der Waals surface area contributed by atoms with Crippen LogP contribution in [0.3, 0.4) is 0 Å². The van der Waals surface area contributed by atoms with Gasteiger partial charge >= 0.3 is 0 Å². The van der Waals surface area contributed by atoms with Crippen molar-refractivity contribution in [2.45, 2.75) is 37.2 Å². The second-order valence-corrected chi connectivity index (χ2v) is 8.38. The van der Waals surface area contributed by atoms with E-state index in [0.29, 0.717) is 6.54 Å². The van der Waals surface area contributed by atoms with E-state index >= 15 is 0 Å². The number of hydrogen-bond donors (Lipinski definition) is 1. The van der Waals surface area contributed by atoms with Crippen molar-refractivity contribution in [1.29, 1.82) is 0 Å². The molecule has 1 atom stereocenters. The summed E-state index contributed by atoms with van der Waals surface area (Å²) in [6, 6.07) is 0.106. The second kappa shape index (κ2) is 7.62. The molecule has 0 spiro atoms. The van der Waals surface area contributed by atoms with Gasteiger partial charge in [-0.2, -0.15) is 21.2 Å². The van der Waals surface area contributed by atoms with Gasteiger partial charge in [-0.3, -0.25) is 4.68 Å². The van der Waals surface area contributed by atoms with Crippen molar-refractivity contribution >= 4 is 21.8 Å². The zero-order valence-electron chi connectivity index (χ0n) is 12.7. The zero-order valence-corrected chi connectivity index (χ0v) is 14.3. The molecule has 0 aliphatic carbocycles. The summed E-state index contributed by atoms with van der Waals surface area (Å²) in [4.78, 5) is 0.289. The highest BCUT2D eigenvalue weighted by molar-refractivity contribution is 7.99. The average molecular weight is 332 g/mol. The van der Waals surface area contributed by atoms with Gasteiger partial charge in [0.25, 0.3) is 0 Å². The molecule has 1 N–H and O–H groups in total. The van der Waals surface area contributed by atoms with Crippen LogP contribution in [0.4, 0.5) is 0 Å². The van der Waals surface area contributed by atoms with E-state index in [-0.39, 0.29) is 10.9 Å². The summed E-state index contributed by atoms with van der Waals surface area (Å²) >= 11 is 1.81. The first kappa shape index (κ1) is 16.8. The third kappa shape index (κ3) is 4.21. The fraction of sp³-hybridized carbons (Fsp3) is 0.769. The smallest absolute Gasteiger partial charge is 0.246 e. The van der Waals surface area contributed by atoms with E-state index in [1.165, 1.54) is 10.5 Å². The van der Waals surface area contributed by atoms with Gasteiger partial charge in [0, 0.05) is 31.6 Å². The van der Waals surface area contributed by atoms with Crippen LogP contribution in [0.15, 0.2) is 17.3 Å². The van der Waals surface area contributed by atoms with Crippen molar-refractivity contribution in [2.24, 2.45) is 0 Å². The topological polar surface area (TPSA) is 67.2 Å². The van der Waals surface area contributed by atoms with E-state index < -0.39 is 10.0 Å². The lowest BCUT2D eigenvalue weighted by Crippen LogP contribution is -2.36. The Morgan fingerprint density at radius 3 is 3.00 bits per heavy atom. The Hall–Kier alpha value is -0.570. The Labute approximate surface area is 131 Å². The molecule has 0 bridgehead atoms. The first-order chi connectivity index (χ1) is 10.1. The van der Waals surface area contributed by atoms with Gasteiger partial charge in [-0.25, -0.2) is 8.42 Å². The molecule has 1 aromatic rings. The summed E-state index contributed by atoms with van der Waals surface area (Å²) in [5.74, 6) is 1.91. The largest absolute Gasteiger partial charge is 0.315 e. The molecule has 1 saturated heterocycles. The van der Waals surface area contributed by atoms with Crippen LogP contribution in [0.1, 0.15) is 19.8 Å². The van der Waals surface area contributed by atoms with Gasteiger partial charge in [-0.1, -0.05) is 6.92 Å². The van der Waals surface area contributed by atoms with Crippen molar-refractivity contribution < 1.29 is 8.42 Å². The molecule has 1 aliphatic rings. The number of sulfonamides is 1. The molecule has 1 aliphatic heterocycles. The molecule has 0 aromatic carbocycles. The first-order valence-electron chi connectivity index (χ1n) is 7.34. The van der Waals surface area contributed by atoms with E-state index in [1.54, 1.807) is 17.9 Å². The number of nitrogens with one attached hydrogen (secondary N) is 1. The molecule has 1 aromatic heterocycles. The van der Waals surface area contributed by atoms with Crippen LogP contribution in [0.5, 0.6) is 0 Å². The molecule has 0 radical (unpaired) electrons. The molecular weight excluding hydrogens is 308 g/mol. The second-order valence-electron chi connectivity index (χ2n) is 5.23. The minimum Gasteiger partial charge on any atom is -0.315 e. The van der Waals surface area contributed by atoms with Gasteiger partial charge in [-0.05, 0) is 25.1 Å². The number of thioether (sulfide) groups is 1. The van der Waals surface area contributed by atoms with E-state index in [9.17, 15) is 8.42 Å². The van der Waals surface area contributed by atoms with Crippen LogP contribution in [0, 0.1) is 0 Å². The minimum absolute atomic E-state index is 0.106. The van der Waals surface area contributed by atoms with Crippen LogP contribution in [-0.4, -0.2) is 60.2 Å². The Morgan fingerprint density at radius 1 is 1.52 bits per heavy atom. The summed E-state index contributed by atoms with van der Waals surface area (Å²) < 4.78 is 28.3. The summed E-state index contributed by atoms with van der Waals surface area (Å²) in [5.41, 5.74) is 0. The fourth-order valence-electron chi connectivity index (χ4n) is 2.27. The highest BCUT2D eigenvalue weighted by Crippen LogP contribution is 2.25. The van der Waals surface area contributed by atoms with Crippen LogP contribution in [0.25, 0.3) is 0 Å². The monoisotopic (exact) mass is 332 g/mol. The van der Waals surface area contributed by atoms with E-state index in [4.69, 9.17) is 0 Å². The SMILES string of the molecule is CCCNCCn1cc(S(=O)(=O)N(C)C2CCSC2)cn1. The van der Waals surface area contributed by atoms with Crippen LogP contribution in [0.2, 0.25) is 0 Å². The summed E-state index contributed by atoms with van der Waals surface area (Å²) in [7, 11) is -1.75. The van der Waals surface area contributed by atoms with Crippen LogP contribution in [-0.2, 0) is 16.6 Å². The number of nitrogens with zero attached hydrogens (tertiary/aromatic N) is 3. The molecule has 120 valence electrons. The van der Waals surface area contributed by atoms with E-state index in [0.717, 1.165) is 37.4 Å². The standard InChI is InChI=1S/C13H24N4O2S2/c1-3-5-14-6-7-17-10-13(9-15-17)21(18,19)16(2)12-4-8-20-11-12/h9-10,12,14H,3-8,11H2,1-2H3. The summed E-state index contributed by atoms with van der Waals surface area (Å²) in [6.07, 6.45) is 5.09. The van der Waals surface area contributed by atoms with Gasteiger partial charge in [0.1, 0.15) is 4.90 Å². The molecular formula is C13H24N4O2S2. The predicted molar refractivity (Wildman–Crippen MR) is 86.1 cm³/mol. The molecule has 0 saturated carbocycles. The van der Waals surface area contributed by atoms with Crippen molar-refractivity contribution in [3.8, 4) is 0 Å². The van der Waals surface area contributed by atoms with Gasteiger partial charge < -0.3 is 5.32 Å². The third-order valence-corrected chi connectivity index (χ3v) is 6.66. The third-order valence-electron chi connectivity index (χ3n) is 3.65. The van der Waals surface area contributed by atoms with Crippen molar-refractivity contribution in [3.05, 3.63) is 12.4 Å². The maximum atomic E-state index is 12.6. The predicted octanol–water partition coefficient (Wildman–Crippen LogP) is 1.01. The van der Waals surface area contributed by atoms with Gasteiger partial charge in [0.2, 0.25) is 10.0 Å². The number of aromatic nitrogens is 2. The molecule has 8 heteroatoms. The summed E-state index contributed by atoms with van der Waals surface area (Å²) in [6.45, 7) is 4.56. The molecule has 6 nitrogen and oxygen atoms in total. The Bertz CT molecular complexity index is 538. The first-order valence-corrected chi connectivity index (χ1v) is 9.94. The van der Waals surface area contributed by atoms with Gasteiger partial charge in [-0.15, -0.1) is 0 Å². The number of hydrogen-bond acceptors (Lipinski definition) is 5.